The molecular formula is C28H27F4N7O3. The van der Waals surface area contributed by atoms with E-state index in [9.17, 15) is 18.0 Å². The lowest BCUT2D eigenvalue weighted by Gasteiger charge is -2.15. The van der Waals surface area contributed by atoms with Crippen molar-refractivity contribution in [2.45, 2.75) is 25.6 Å². The van der Waals surface area contributed by atoms with Crippen LogP contribution in [0.3, 0.4) is 0 Å². The monoisotopic (exact) mass is 585 g/mol. The van der Waals surface area contributed by atoms with Gasteiger partial charge in [0.2, 0.25) is 5.90 Å². The van der Waals surface area contributed by atoms with Crippen LogP contribution in [0.15, 0.2) is 52.1 Å². The van der Waals surface area contributed by atoms with Gasteiger partial charge in [0.05, 0.1) is 31.9 Å². The van der Waals surface area contributed by atoms with Gasteiger partial charge < -0.3 is 19.8 Å². The Morgan fingerprint density at radius 1 is 1.19 bits per heavy atom. The fourth-order valence-electron chi connectivity index (χ4n) is 4.72. The molecule has 3 aromatic heterocycles. The van der Waals surface area contributed by atoms with Crippen molar-refractivity contribution in [2.75, 3.05) is 21.3 Å². The van der Waals surface area contributed by atoms with Crippen LogP contribution in [0, 0.1) is 11.7 Å². The number of nitrogens with zero attached hydrogens (tertiary/aromatic N) is 6. The number of hydrogen-bond acceptors (Lipinski definition) is 8. The summed E-state index contributed by atoms with van der Waals surface area (Å²) >= 11 is 0. The third kappa shape index (κ3) is 5.31. The summed E-state index contributed by atoms with van der Waals surface area (Å²) in [5, 5.41) is 0.534. The second-order valence-electron chi connectivity index (χ2n) is 9.78. The number of hydrogen-bond donors (Lipinski definition) is 1. The molecule has 220 valence electrons. The fourth-order valence-corrected chi connectivity index (χ4v) is 4.72. The van der Waals surface area contributed by atoms with Gasteiger partial charge in [-0.05, 0) is 42.5 Å². The summed E-state index contributed by atoms with van der Waals surface area (Å²) in [5.41, 5.74) is 6.12. The van der Waals surface area contributed by atoms with Crippen molar-refractivity contribution < 1.29 is 27.0 Å². The van der Waals surface area contributed by atoms with E-state index in [0.29, 0.717) is 22.2 Å². The van der Waals surface area contributed by atoms with Gasteiger partial charge in [-0.3, -0.25) is 14.4 Å². The lowest BCUT2D eigenvalue weighted by molar-refractivity contribution is -0.140. The molecule has 42 heavy (non-hydrogen) atoms. The summed E-state index contributed by atoms with van der Waals surface area (Å²) in [6.45, 7) is -0.134. The maximum absolute atomic E-state index is 15.5. The number of aryl methyl sites for hydroxylation is 1. The Balaban J connectivity index is 1.61. The average Bonchev–Trinajstić information content (AvgIpc) is 3.73. The number of fused-ring (bicyclic) bond motifs is 1. The normalized spacial score (nSPS) is 14.7. The van der Waals surface area contributed by atoms with Crippen molar-refractivity contribution in [2.24, 2.45) is 23.7 Å². The minimum atomic E-state index is -4.71. The van der Waals surface area contributed by atoms with Gasteiger partial charge in [-0.1, -0.05) is 0 Å². The van der Waals surface area contributed by atoms with Crippen molar-refractivity contribution in [3.05, 3.63) is 75.6 Å². The summed E-state index contributed by atoms with van der Waals surface area (Å²) in [7, 11) is 5.60. The predicted octanol–water partition coefficient (Wildman–Crippen LogP) is 4.16. The minimum absolute atomic E-state index is 0.0534. The molecule has 0 saturated heterocycles. The molecule has 1 fully saturated rings. The molecule has 0 aliphatic heterocycles. The van der Waals surface area contributed by atoms with Crippen LogP contribution in [0.2, 0.25) is 0 Å². The van der Waals surface area contributed by atoms with E-state index >= 15 is 4.39 Å². The summed E-state index contributed by atoms with van der Waals surface area (Å²) in [5.74, 6) is -0.591. The van der Waals surface area contributed by atoms with Gasteiger partial charge in [-0.25, -0.2) is 19.3 Å². The van der Waals surface area contributed by atoms with Gasteiger partial charge in [0.1, 0.15) is 23.0 Å². The number of aromatic nitrogens is 5. The third-order valence-electron chi connectivity index (χ3n) is 6.93. The lowest BCUT2D eigenvalue weighted by Crippen LogP contribution is -2.22. The third-order valence-corrected chi connectivity index (χ3v) is 6.93. The van der Waals surface area contributed by atoms with Gasteiger partial charge in [0.25, 0.3) is 5.56 Å². The molecule has 14 heteroatoms. The predicted molar refractivity (Wildman–Crippen MR) is 147 cm³/mol. The molecule has 0 bridgehead atoms. The first-order valence-electron chi connectivity index (χ1n) is 12.8. The highest BCUT2D eigenvalue weighted by atomic mass is 19.4. The summed E-state index contributed by atoms with van der Waals surface area (Å²) < 4.78 is 68.4. The molecule has 0 unspecified atom stereocenters. The molecule has 2 N–H and O–H groups in total. The molecule has 1 saturated carbocycles. The molecule has 10 nitrogen and oxygen atoms in total. The van der Waals surface area contributed by atoms with Crippen LogP contribution in [-0.2, 0) is 24.5 Å². The Bertz CT molecular complexity index is 1800. The van der Waals surface area contributed by atoms with Gasteiger partial charge in [-0.2, -0.15) is 13.2 Å². The van der Waals surface area contributed by atoms with E-state index in [2.05, 4.69) is 19.9 Å². The number of alkyl halides is 3. The SMILES string of the molecule is CN=C(OC)/C(=C(\N)C1CC1)c1ncc2ccc(=O)n(Cc3cc(F)c(-c4nc(C(F)(F)F)cn4C)c(OC)c3)c2n1. The first-order chi connectivity index (χ1) is 20.0. The zero-order valence-electron chi connectivity index (χ0n) is 23.2. The van der Waals surface area contributed by atoms with Crippen LogP contribution in [0.5, 0.6) is 5.75 Å². The minimum Gasteiger partial charge on any atom is -0.496 e. The number of allylic oxidation sites excluding steroid dienone is 1. The molecule has 1 aliphatic rings. The number of aliphatic imine (C=N–C) groups is 1. The van der Waals surface area contributed by atoms with E-state index in [1.54, 1.807) is 19.3 Å². The maximum atomic E-state index is 15.5. The van der Waals surface area contributed by atoms with E-state index in [1.807, 2.05) is 0 Å². The summed E-state index contributed by atoms with van der Waals surface area (Å²) in [6, 6.07) is 5.47. The van der Waals surface area contributed by atoms with Crippen molar-refractivity contribution >= 4 is 22.5 Å². The number of methoxy groups -OCH3 is 2. The van der Waals surface area contributed by atoms with E-state index in [-0.39, 0.29) is 47.0 Å². The van der Waals surface area contributed by atoms with E-state index in [1.165, 1.54) is 38.0 Å². The topological polar surface area (TPSA) is 122 Å². The molecule has 5 rings (SSSR count). The average molecular weight is 586 g/mol. The first kappa shape index (κ1) is 28.8. The molecule has 1 aliphatic carbocycles. The standard InChI is InChI=1S/C28H27F4N7O3/c1-34-27(42-4)22(23(33)15-5-6-15)24-35-11-16-7-8-20(40)39(25(16)37-24)12-14-9-17(29)21(18(10-14)41-3)26-36-19(13-38(26)2)28(30,31)32/h7-11,13,15H,5-6,12,33H2,1-4H3/b23-22-,34-27?. The Kier molecular flexibility index (Phi) is 7.47. The lowest BCUT2D eigenvalue weighted by atomic mass is 10.1. The number of ether oxygens (including phenoxy) is 2. The Morgan fingerprint density at radius 3 is 2.52 bits per heavy atom. The fraction of sp³-hybridized carbons (Fsp3) is 0.321. The Labute approximate surface area is 237 Å². The van der Waals surface area contributed by atoms with E-state index in [0.717, 1.165) is 29.7 Å². The Hall–Kier alpha value is -4.75. The highest BCUT2D eigenvalue weighted by Crippen LogP contribution is 2.38. The van der Waals surface area contributed by atoms with Crippen LogP contribution in [-0.4, -0.2) is 51.3 Å². The second-order valence-corrected chi connectivity index (χ2v) is 9.78. The van der Waals surface area contributed by atoms with Gasteiger partial charge in [0.15, 0.2) is 11.5 Å². The zero-order chi connectivity index (χ0) is 30.3. The molecule has 1 aromatic carbocycles. The van der Waals surface area contributed by atoms with Crippen LogP contribution in [0.4, 0.5) is 17.6 Å². The maximum Gasteiger partial charge on any atom is 0.434 e. The molecular weight excluding hydrogens is 558 g/mol. The van der Waals surface area contributed by atoms with E-state index in [4.69, 9.17) is 15.2 Å². The molecule has 0 radical (unpaired) electrons. The number of benzene rings is 1. The molecule has 4 aromatic rings. The number of nitrogens with two attached hydrogens (primary N) is 1. The quantitative estimate of drug-likeness (QED) is 0.196. The van der Waals surface area contributed by atoms with Crippen LogP contribution in [0.1, 0.15) is 29.9 Å². The van der Waals surface area contributed by atoms with Gasteiger partial charge >= 0.3 is 6.18 Å². The second kappa shape index (κ2) is 10.9. The number of halogens is 4. The first-order valence-corrected chi connectivity index (χ1v) is 12.8. The summed E-state index contributed by atoms with van der Waals surface area (Å²) in [6.07, 6.45) is -0.575. The van der Waals surface area contributed by atoms with Gasteiger partial charge in [-0.15, -0.1) is 0 Å². The highest BCUT2D eigenvalue weighted by molar-refractivity contribution is 6.19. The number of rotatable bonds is 7. The van der Waals surface area contributed by atoms with E-state index < -0.39 is 23.2 Å². The molecule has 0 amide bonds. The zero-order valence-corrected chi connectivity index (χ0v) is 23.2. The molecule has 3 heterocycles. The van der Waals surface area contributed by atoms with Crippen LogP contribution in [0.25, 0.3) is 28.0 Å². The van der Waals surface area contributed by atoms with Crippen LogP contribution < -0.4 is 16.0 Å². The number of imidazole rings is 1. The number of pyridine rings is 1. The molecule has 0 atom stereocenters. The molecule has 0 spiro atoms. The summed E-state index contributed by atoms with van der Waals surface area (Å²) in [4.78, 5) is 29.9. The Morgan fingerprint density at radius 2 is 1.93 bits per heavy atom. The van der Waals surface area contributed by atoms with Crippen molar-refractivity contribution in [1.82, 2.24) is 24.1 Å². The largest absolute Gasteiger partial charge is 0.496 e. The highest BCUT2D eigenvalue weighted by Gasteiger charge is 2.35. The van der Waals surface area contributed by atoms with Crippen molar-refractivity contribution in [3.63, 3.8) is 0 Å². The smallest absolute Gasteiger partial charge is 0.434 e. The van der Waals surface area contributed by atoms with Crippen molar-refractivity contribution in [3.8, 4) is 17.1 Å². The van der Waals surface area contributed by atoms with Gasteiger partial charge in [0, 0.05) is 43.6 Å². The van der Waals surface area contributed by atoms with Crippen LogP contribution >= 0.6 is 0 Å². The van der Waals surface area contributed by atoms with Crippen molar-refractivity contribution in [1.29, 1.82) is 0 Å².